The maximum Gasteiger partial charge on any atom is 0.226 e. The maximum atomic E-state index is 14.0. The molecule has 0 spiro atoms. The zero-order chi connectivity index (χ0) is 20.9. The zero-order valence-corrected chi connectivity index (χ0v) is 16.6. The van der Waals surface area contributed by atoms with Gasteiger partial charge in [0.1, 0.15) is 17.9 Å². The Morgan fingerprint density at radius 2 is 2.07 bits per heavy atom. The molecule has 0 saturated carbocycles. The topological polar surface area (TPSA) is 65.7 Å². The highest BCUT2D eigenvalue weighted by Crippen LogP contribution is 2.24. The molecule has 1 aliphatic heterocycles. The highest BCUT2D eigenvalue weighted by molar-refractivity contribution is 5.80. The molecule has 30 heavy (non-hydrogen) atoms. The highest BCUT2D eigenvalue weighted by atomic mass is 19.1. The van der Waals surface area contributed by atoms with E-state index < -0.39 is 11.6 Å². The fraction of sp³-hybridized carbons (Fsp3) is 0.273. The van der Waals surface area contributed by atoms with Gasteiger partial charge in [0.2, 0.25) is 5.89 Å². The molecular formula is C22H23F2N5O. The molecule has 156 valence electrons. The van der Waals surface area contributed by atoms with Gasteiger partial charge < -0.3 is 20.0 Å². The van der Waals surface area contributed by atoms with Crippen LogP contribution in [0, 0.1) is 11.6 Å². The van der Waals surface area contributed by atoms with Crippen LogP contribution in [0.1, 0.15) is 12.1 Å². The summed E-state index contributed by atoms with van der Waals surface area (Å²) in [6.45, 7) is 1.74. The van der Waals surface area contributed by atoms with Crippen LogP contribution in [0.4, 0.5) is 14.5 Å². The summed E-state index contributed by atoms with van der Waals surface area (Å²) >= 11 is 0. The molecular weight excluding hydrogens is 388 g/mol. The molecule has 0 amide bonds. The summed E-state index contributed by atoms with van der Waals surface area (Å²) in [5.41, 5.74) is 2.10. The monoisotopic (exact) mass is 411 g/mol. The van der Waals surface area contributed by atoms with Crippen LogP contribution in [0.2, 0.25) is 0 Å². The molecule has 1 unspecified atom stereocenters. The van der Waals surface area contributed by atoms with Crippen molar-refractivity contribution in [3.63, 3.8) is 0 Å². The fourth-order valence-corrected chi connectivity index (χ4v) is 3.50. The lowest BCUT2D eigenvalue weighted by molar-refractivity contribution is 0.572. The van der Waals surface area contributed by atoms with Crippen molar-refractivity contribution in [1.29, 1.82) is 0 Å². The first-order valence-electron chi connectivity index (χ1n) is 9.79. The fourth-order valence-electron chi connectivity index (χ4n) is 3.50. The van der Waals surface area contributed by atoms with Crippen molar-refractivity contribution in [2.45, 2.75) is 19.0 Å². The first kappa shape index (κ1) is 19.9. The summed E-state index contributed by atoms with van der Waals surface area (Å²) in [7, 11) is 1.69. The molecule has 1 atom stereocenters. The normalized spacial score (nSPS) is 16.7. The van der Waals surface area contributed by atoms with Crippen LogP contribution in [-0.2, 0) is 6.54 Å². The van der Waals surface area contributed by atoms with E-state index in [1.807, 2.05) is 35.2 Å². The summed E-state index contributed by atoms with van der Waals surface area (Å²) in [6, 6.07) is 13.5. The number of hydrogen-bond donors (Lipinski definition) is 2. The van der Waals surface area contributed by atoms with Gasteiger partial charge >= 0.3 is 0 Å². The summed E-state index contributed by atoms with van der Waals surface area (Å²) in [5.74, 6) is 0.0882. The molecule has 1 saturated heterocycles. The molecule has 8 heteroatoms. The Bertz CT molecular complexity index is 1020. The Labute approximate surface area is 173 Å². The number of nitrogens with zero attached hydrogens (tertiary/aromatic N) is 3. The van der Waals surface area contributed by atoms with Gasteiger partial charge in [0, 0.05) is 37.8 Å². The summed E-state index contributed by atoms with van der Waals surface area (Å²) in [5, 5.41) is 6.57. The van der Waals surface area contributed by atoms with Gasteiger partial charge in [0.05, 0.1) is 17.9 Å². The van der Waals surface area contributed by atoms with Crippen LogP contribution >= 0.6 is 0 Å². The van der Waals surface area contributed by atoms with E-state index in [0.29, 0.717) is 37.2 Å². The second kappa shape index (κ2) is 8.94. The number of oxazole rings is 1. The summed E-state index contributed by atoms with van der Waals surface area (Å²) in [4.78, 5) is 10.7. The van der Waals surface area contributed by atoms with Crippen molar-refractivity contribution in [3.05, 3.63) is 72.1 Å². The Morgan fingerprint density at radius 1 is 1.23 bits per heavy atom. The van der Waals surface area contributed by atoms with Gasteiger partial charge in [-0.15, -0.1) is 0 Å². The Morgan fingerprint density at radius 3 is 2.83 bits per heavy atom. The predicted molar refractivity (Wildman–Crippen MR) is 112 cm³/mol. The number of aromatic nitrogens is 1. The average Bonchev–Trinajstić information content (AvgIpc) is 3.41. The third kappa shape index (κ3) is 4.59. The predicted octanol–water partition coefficient (Wildman–Crippen LogP) is 3.56. The third-order valence-corrected chi connectivity index (χ3v) is 5.01. The highest BCUT2D eigenvalue weighted by Gasteiger charge is 2.25. The van der Waals surface area contributed by atoms with E-state index in [1.165, 1.54) is 12.1 Å². The van der Waals surface area contributed by atoms with Gasteiger partial charge in [0.25, 0.3) is 0 Å². The molecule has 1 aromatic heterocycles. The van der Waals surface area contributed by atoms with E-state index in [1.54, 1.807) is 13.3 Å². The van der Waals surface area contributed by atoms with E-state index in [0.717, 1.165) is 23.7 Å². The quantitative estimate of drug-likeness (QED) is 0.496. The minimum Gasteiger partial charge on any atom is -0.444 e. The molecule has 1 aliphatic rings. The van der Waals surface area contributed by atoms with Gasteiger partial charge in [-0.3, -0.25) is 4.99 Å². The lowest BCUT2D eigenvalue weighted by Gasteiger charge is -2.20. The molecule has 0 radical (unpaired) electrons. The number of nitrogens with one attached hydrogen (secondary N) is 2. The minimum atomic E-state index is -0.571. The number of hydrogen-bond acceptors (Lipinski definition) is 4. The van der Waals surface area contributed by atoms with Gasteiger partial charge in [-0.25, -0.2) is 13.8 Å². The maximum absolute atomic E-state index is 14.0. The van der Waals surface area contributed by atoms with Gasteiger partial charge in [-0.05, 0) is 30.7 Å². The Balaban J connectivity index is 1.31. The molecule has 3 aromatic rings. The van der Waals surface area contributed by atoms with Gasteiger partial charge in [-0.2, -0.15) is 0 Å². The molecule has 1 fully saturated rings. The number of benzene rings is 2. The minimum absolute atomic E-state index is 0.0952. The smallest absolute Gasteiger partial charge is 0.226 e. The summed E-state index contributed by atoms with van der Waals surface area (Å²) in [6.07, 6.45) is 2.44. The molecule has 4 rings (SSSR count). The van der Waals surface area contributed by atoms with E-state index >= 15 is 0 Å². The number of halogens is 2. The third-order valence-electron chi connectivity index (χ3n) is 5.01. The van der Waals surface area contributed by atoms with Gasteiger partial charge in [-0.1, -0.05) is 18.2 Å². The van der Waals surface area contributed by atoms with Crippen LogP contribution in [0.5, 0.6) is 0 Å². The number of anilines is 1. The average molecular weight is 411 g/mol. The van der Waals surface area contributed by atoms with E-state index in [9.17, 15) is 8.78 Å². The molecule has 2 N–H and O–H groups in total. The van der Waals surface area contributed by atoms with Crippen molar-refractivity contribution < 1.29 is 13.2 Å². The first-order chi connectivity index (χ1) is 14.6. The van der Waals surface area contributed by atoms with E-state index in [4.69, 9.17) is 4.42 Å². The van der Waals surface area contributed by atoms with Crippen molar-refractivity contribution >= 4 is 11.6 Å². The first-order valence-corrected chi connectivity index (χ1v) is 9.79. The lowest BCUT2D eigenvalue weighted by Crippen LogP contribution is -2.44. The Hall–Kier alpha value is -3.42. The SMILES string of the molecule is CN=C(NCc1coc(-c2ccccc2)n1)NC1CCN(c2ccc(F)cc2F)C1. The van der Waals surface area contributed by atoms with Crippen LogP contribution < -0.4 is 15.5 Å². The van der Waals surface area contributed by atoms with Crippen LogP contribution in [0.25, 0.3) is 11.5 Å². The van der Waals surface area contributed by atoms with Gasteiger partial charge in [0.15, 0.2) is 5.96 Å². The lowest BCUT2D eigenvalue weighted by atomic mass is 10.2. The Kier molecular flexibility index (Phi) is 5.92. The molecule has 2 aromatic carbocycles. The van der Waals surface area contributed by atoms with E-state index in [-0.39, 0.29) is 6.04 Å². The standard InChI is InChI=1S/C22H23F2N5O/c1-25-22(26-12-18-14-30-21(27-18)15-5-3-2-4-6-15)28-17-9-10-29(13-17)20-8-7-16(23)11-19(20)24/h2-8,11,14,17H,9-10,12-13H2,1H3,(H2,25,26,28). The largest absolute Gasteiger partial charge is 0.444 e. The van der Waals surface area contributed by atoms with Crippen molar-refractivity contribution in [3.8, 4) is 11.5 Å². The number of guanidine groups is 1. The van der Waals surface area contributed by atoms with Crippen molar-refractivity contribution in [1.82, 2.24) is 15.6 Å². The van der Waals surface area contributed by atoms with Crippen LogP contribution in [0.3, 0.4) is 0 Å². The molecule has 0 aliphatic carbocycles. The molecule has 2 heterocycles. The van der Waals surface area contributed by atoms with Crippen LogP contribution in [0.15, 0.2) is 64.2 Å². The van der Waals surface area contributed by atoms with Crippen LogP contribution in [-0.4, -0.2) is 37.1 Å². The zero-order valence-electron chi connectivity index (χ0n) is 16.6. The number of aliphatic imine (C=N–C) groups is 1. The number of rotatable bonds is 5. The van der Waals surface area contributed by atoms with Crippen molar-refractivity contribution in [2.24, 2.45) is 4.99 Å². The van der Waals surface area contributed by atoms with Crippen molar-refractivity contribution in [2.75, 3.05) is 25.0 Å². The summed E-state index contributed by atoms with van der Waals surface area (Å²) < 4.78 is 32.7. The molecule has 6 nitrogen and oxygen atoms in total. The second-order valence-corrected chi connectivity index (χ2v) is 7.11. The second-order valence-electron chi connectivity index (χ2n) is 7.11. The van der Waals surface area contributed by atoms with E-state index in [2.05, 4.69) is 20.6 Å². The molecule has 0 bridgehead atoms.